The van der Waals surface area contributed by atoms with E-state index < -0.39 is 0 Å². The van der Waals surface area contributed by atoms with Gasteiger partial charge in [-0.25, -0.2) is 0 Å². The van der Waals surface area contributed by atoms with Crippen LogP contribution in [0.15, 0.2) is 89.8 Å². The molecule has 6 nitrogen and oxygen atoms in total. The van der Waals surface area contributed by atoms with Crippen LogP contribution in [0.25, 0.3) is 5.69 Å². The number of nitrogens with zero attached hydrogens (tertiary/aromatic N) is 3. The van der Waals surface area contributed by atoms with Crippen LogP contribution in [0.2, 0.25) is 0 Å². The normalized spacial score (nSPS) is 18.2. The molecule has 1 fully saturated rings. The van der Waals surface area contributed by atoms with Gasteiger partial charge in [-0.2, -0.15) is 0 Å². The molecule has 0 saturated carbocycles. The summed E-state index contributed by atoms with van der Waals surface area (Å²) in [5.74, 6) is 1.67. The lowest BCUT2D eigenvalue weighted by Crippen LogP contribution is -2.29. The molecular formula is C24H22N4O2S. The van der Waals surface area contributed by atoms with Gasteiger partial charge < -0.3 is 23.9 Å². The van der Waals surface area contributed by atoms with Gasteiger partial charge in [0.25, 0.3) is 0 Å². The van der Waals surface area contributed by atoms with Crippen LogP contribution in [0.1, 0.15) is 29.2 Å². The van der Waals surface area contributed by atoms with Crippen molar-refractivity contribution >= 4 is 17.3 Å². The number of ether oxygens (including phenoxy) is 1. The van der Waals surface area contributed by atoms with Gasteiger partial charge in [-0.1, -0.05) is 12.1 Å². The zero-order valence-electron chi connectivity index (χ0n) is 17.0. The molecule has 0 bridgehead atoms. The van der Waals surface area contributed by atoms with E-state index in [9.17, 15) is 0 Å². The van der Waals surface area contributed by atoms with Crippen molar-refractivity contribution in [2.24, 2.45) is 0 Å². The SMILES string of the molecule is COc1cccc(-n2cccc2[C@@H]2[C@H](c3ccccn3)NC(=S)N2Cc2ccco2)c1. The van der Waals surface area contributed by atoms with Crippen molar-refractivity contribution in [1.29, 1.82) is 0 Å². The van der Waals surface area contributed by atoms with E-state index in [1.165, 1.54) is 0 Å². The van der Waals surface area contributed by atoms with E-state index in [0.29, 0.717) is 11.7 Å². The molecule has 0 amide bonds. The molecule has 4 heterocycles. The number of aromatic nitrogens is 2. The molecule has 2 atom stereocenters. The highest BCUT2D eigenvalue weighted by Gasteiger charge is 2.41. The average molecular weight is 431 g/mol. The Morgan fingerprint density at radius 1 is 1.10 bits per heavy atom. The highest BCUT2D eigenvalue weighted by atomic mass is 32.1. The summed E-state index contributed by atoms with van der Waals surface area (Å²) in [6.07, 6.45) is 5.56. The van der Waals surface area contributed by atoms with Gasteiger partial charge in [-0.05, 0) is 60.7 Å². The summed E-state index contributed by atoms with van der Waals surface area (Å²) in [6, 6.07) is 21.9. The molecule has 31 heavy (non-hydrogen) atoms. The number of hydrogen-bond donors (Lipinski definition) is 1. The van der Waals surface area contributed by atoms with E-state index in [4.69, 9.17) is 21.4 Å². The molecular weight excluding hydrogens is 408 g/mol. The standard InChI is InChI=1S/C24H22N4O2S/c1-29-18-8-4-7-17(15-18)27-13-5-11-21(27)23-22(20-10-2-3-12-25-20)26-24(31)28(23)16-19-9-6-14-30-19/h2-15,22-23H,16H2,1H3,(H,26,31)/t22-,23+/m0/s1. The van der Waals surface area contributed by atoms with E-state index in [2.05, 4.69) is 44.2 Å². The molecule has 0 spiro atoms. The lowest BCUT2D eigenvalue weighted by molar-refractivity contribution is 0.280. The Kier molecular flexibility index (Phi) is 5.18. The predicted octanol–water partition coefficient (Wildman–Crippen LogP) is 4.65. The first kappa shape index (κ1) is 19.4. The van der Waals surface area contributed by atoms with Crippen molar-refractivity contribution in [3.63, 3.8) is 0 Å². The molecule has 4 aromatic rings. The van der Waals surface area contributed by atoms with Gasteiger partial charge >= 0.3 is 0 Å². The minimum Gasteiger partial charge on any atom is -0.497 e. The minimum atomic E-state index is -0.0945. The van der Waals surface area contributed by atoms with Crippen molar-refractivity contribution in [2.45, 2.75) is 18.6 Å². The molecule has 1 aliphatic heterocycles. The summed E-state index contributed by atoms with van der Waals surface area (Å²) in [5.41, 5.74) is 3.06. The van der Waals surface area contributed by atoms with Crippen LogP contribution in [-0.4, -0.2) is 26.7 Å². The maximum atomic E-state index is 5.76. The Morgan fingerprint density at radius 2 is 2.03 bits per heavy atom. The fourth-order valence-corrected chi connectivity index (χ4v) is 4.40. The maximum absolute atomic E-state index is 5.76. The number of furan rings is 1. The number of pyridine rings is 1. The highest BCUT2D eigenvalue weighted by molar-refractivity contribution is 7.80. The zero-order chi connectivity index (χ0) is 21.2. The number of thiocarbonyl (C=S) groups is 1. The van der Waals surface area contributed by atoms with E-state index >= 15 is 0 Å². The number of nitrogens with one attached hydrogen (secondary N) is 1. The summed E-state index contributed by atoms with van der Waals surface area (Å²) in [6.45, 7) is 0.566. The van der Waals surface area contributed by atoms with E-state index in [-0.39, 0.29) is 12.1 Å². The van der Waals surface area contributed by atoms with Gasteiger partial charge in [0.15, 0.2) is 5.11 Å². The van der Waals surface area contributed by atoms with Gasteiger partial charge in [-0.3, -0.25) is 4.98 Å². The summed E-state index contributed by atoms with van der Waals surface area (Å²) >= 11 is 5.76. The van der Waals surface area contributed by atoms with Gasteiger partial charge in [0.05, 0.1) is 37.7 Å². The van der Waals surface area contributed by atoms with Gasteiger partial charge in [0, 0.05) is 29.8 Å². The van der Waals surface area contributed by atoms with Crippen LogP contribution in [0, 0.1) is 0 Å². The van der Waals surface area contributed by atoms with Crippen molar-refractivity contribution in [3.8, 4) is 11.4 Å². The Hall–Kier alpha value is -3.58. The van der Waals surface area contributed by atoms with Crippen molar-refractivity contribution in [1.82, 2.24) is 19.8 Å². The average Bonchev–Trinajstić information content (AvgIpc) is 3.56. The molecule has 1 aromatic carbocycles. The van der Waals surface area contributed by atoms with Crippen LogP contribution in [-0.2, 0) is 6.54 Å². The molecule has 1 saturated heterocycles. The molecule has 0 unspecified atom stereocenters. The fraction of sp³-hybridized carbons (Fsp3) is 0.167. The maximum Gasteiger partial charge on any atom is 0.170 e. The van der Waals surface area contributed by atoms with Crippen LogP contribution in [0.3, 0.4) is 0 Å². The largest absolute Gasteiger partial charge is 0.497 e. The lowest BCUT2D eigenvalue weighted by atomic mass is 10.0. The topological polar surface area (TPSA) is 55.5 Å². The van der Waals surface area contributed by atoms with E-state index in [1.807, 2.05) is 54.7 Å². The second-order valence-corrected chi connectivity index (χ2v) is 7.73. The summed E-state index contributed by atoms with van der Waals surface area (Å²) in [4.78, 5) is 6.78. The highest BCUT2D eigenvalue weighted by Crippen LogP contribution is 2.40. The third kappa shape index (κ3) is 3.68. The second kappa shape index (κ2) is 8.28. The molecule has 156 valence electrons. The number of hydrogen-bond acceptors (Lipinski definition) is 4. The van der Waals surface area contributed by atoms with Crippen molar-refractivity contribution in [2.75, 3.05) is 7.11 Å². The van der Waals surface area contributed by atoms with Crippen LogP contribution >= 0.6 is 12.2 Å². The number of benzene rings is 1. The van der Waals surface area contributed by atoms with Crippen molar-refractivity contribution < 1.29 is 9.15 Å². The third-order valence-corrected chi connectivity index (χ3v) is 5.87. The van der Waals surface area contributed by atoms with Crippen LogP contribution in [0.4, 0.5) is 0 Å². The number of methoxy groups -OCH3 is 1. The first-order chi connectivity index (χ1) is 15.2. The van der Waals surface area contributed by atoms with Gasteiger partial charge in [0.1, 0.15) is 11.5 Å². The monoisotopic (exact) mass is 430 g/mol. The first-order valence-electron chi connectivity index (χ1n) is 10.1. The molecule has 5 rings (SSSR count). The Morgan fingerprint density at radius 3 is 2.81 bits per heavy atom. The van der Waals surface area contributed by atoms with Crippen LogP contribution < -0.4 is 10.1 Å². The van der Waals surface area contributed by atoms with Crippen LogP contribution in [0.5, 0.6) is 5.75 Å². The first-order valence-corrected chi connectivity index (χ1v) is 10.5. The third-order valence-electron chi connectivity index (χ3n) is 5.52. The zero-order valence-corrected chi connectivity index (χ0v) is 17.8. The van der Waals surface area contributed by atoms with E-state index in [1.54, 1.807) is 13.4 Å². The molecule has 3 aromatic heterocycles. The summed E-state index contributed by atoms with van der Waals surface area (Å²) in [7, 11) is 1.68. The fourth-order valence-electron chi connectivity index (χ4n) is 4.10. The molecule has 0 aliphatic carbocycles. The molecule has 7 heteroatoms. The smallest absolute Gasteiger partial charge is 0.170 e. The number of rotatable bonds is 6. The molecule has 1 N–H and O–H groups in total. The van der Waals surface area contributed by atoms with Gasteiger partial charge in [0.2, 0.25) is 0 Å². The molecule has 1 aliphatic rings. The minimum absolute atomic E-state index is 0.0753. The lowest BCUT2D eigenvalue weighted by Gasteiger charge is -2.28. The Balaban J connectivity index is 1.60. The van der Waals surface area contributed by atoms with Crippen molar-refractivity contribution in [3.05, 3.63) is 103 Å². The Labute approximate surface area is 186 Å². The molecule has 0 radical (unpaired) electrons. The van der Waals surface area contributed by atoms with Gasteiger partial charge in [-0.15, -0.1) is 0 Å². The second-order valence-electron chi connectivity index (χ2n) is 7.34. The Bertz CT molecular complexity index is 1170. The van der Waals surface area contributed by atoms with E-state index in [0.717, 1.165) is 28.6 Å². The predicted molar refractivity (Wildman–Crippen MR) is 122 cm³/mol. The summed E-state index contributed by atoms with van der Waals surface area (Å²) < 4.78 is 13.2. The summed E-state index contributed by atoms with van der Waals surface area (Å²) in [5, 5.41) is 4.16. The quantitative estimate of drug-likeness (QED) is 0.450.